The van der Waals surface area contributed by atoms with Crippen LogP contribution in [0.5, 0.6) is 5.75 Å². The lowest BCUT2D eigenvalue weighted by Gasteiger charge is -2.08. The molecule has 1 saturated carbocycles. The molecule has 192 valence electrons. The van der Waals surface area contributed by atoms with Gasteiger partial charge in [-0.3, -0.25) is 14.2 Å². The number of carbonyl (C=O) groups is 2. The van der Waals surface area contributed by atoms with Crippen LogP contribution in [0.2, 0.25) is 0 Å². The number of carbonyl (C=O) groups excluding carboxylic acids is 2. The summed E-state index contributed by atoms with van der Waals surface area (Å²) >= 11 is 1.45. The lowest BCUT2D eigenvalue weighted by molar-refractivity contribution is -0.115. The predicted molar refractivity (Wildman–Crippen MR) is 146 cm³/mol. The molecule has 0 spiro atoms. The second-order valence-corrected chi connectivity index (χ2v) is 10.7. The zero-order valence-corrected chi connectivity index (χ0v) is 21.7. The Kier molecular flexibility index (Phi) is 7.67. The van der Waals surface area contributed by atoms with E-state index < -0.39 is 0 Å². The number of aromatic nitrogens is 2. The number of fused-ring (bicyclic) bond motifs is 1. The Balaban J connectivity index is 1.22. The Hall–Kier alpha value is -3.49. The fourth-order valence-corrected chi connectivity index (χ4v) is 5.25. The standard InChI is InChI=1S/C29H31N3O4S/c1-19-27(23-10-11-25-22(18-23)12-13-32(25)28(35)21-8-9-21)31-29(37-19)30-26(34)17-20-6-5-7-24(16-20)36-15-4-2-3-14-33/h5-7,10-13,16,18,21,33H,2-4,8-9,14-15,17H2,1H3,(H,30,31,34). The van der Waals surface area contributed by atoms with Crippen molar-refractivity contribution >= 4 is 39.2 Å². The van der Waals surface area contributed by atoms with Gasteiger partial charge < -0.3 is 15.2 Å². The van der Waals surface area contributed by atoms with E-state index in [9.17, 15) is 9.59 Å². The minimum absolute atomic E-state index is 0.133. The number of amides is 1. The molecule has 0 radical (unpaired) electrons. The smallest absolute Gasteiger partial charge is 0.234 e. The molecule has 1 amide bonds. The normalized spacial score (nSPS) is 13.1. The molecule has 8 heteroatoms. The summed E-state index contributed by atoms with van der Waals surface area (Å²) in [6, 6.07) is 15.6. The average Bonchev–Trinajstić information content (AvgIpc) is 3.56. The number of hydrogen-bond donors (Lipinski definition) is 2. The highest BCUT2D eigenvalue weighted by Gasteiger charge is 2.31. The summed E-state index contributed by atoms with van der Waals surface area (Å²) in [6.45, 7) is 2.79. The maximum atomic E-state index is 12.7. The highest BCUT2D eigenvalue weighted by molar-refractivity contribution is 7.16. The number of anilines is 1. The monoisotopic (exact) mass is 517 g/mol. The highest BCUT2D eigenvalue weighted by Crippen LogP contribution is 2.35. The Morgan fingerprint density at radius 3 is 2.81 bits per heavy atom. The fourth-order valence-electron chi connectivity index (χ4n) is 4.40. The Morgan fingerprint density at radius 2 is 2.00 bits per heavy atom. The van der Waals surface area contributed by atoms with Crippen molar-refractivity contribution in [2.24, 2.45) is 5.92 Å². The summed E-state index contributed by atoms with van der Waals surface area (Å²) in [5.74, 6) is 0.948. The lowest BCUT2D eigenvalue weighted by Crippen LogP contribution is -2.14. The van der Waals surface area contributed by atoms with Crippen LogP contribution >= 0.6 is 11.3 Å². The van der Waals surface area contributed by atoms with Crippen molar-refractivity contribution in [2.45, 2.75) is 45.4 Å². The van der Waals surface area contributed by atoms with Crippen LogP contribution in [0.25, 0.3) is 22.2 Å². The average molecular weight is 518 g/mol. The molecular formula is C29H31N3O4S. The van der Waals surface area contributed by atoms with E-state index in [-0.39, 0.29) is 30.8 Å². The molecule has 1 fully saturated rings. The number of aliphatic hydroxyl groups excluding tert-OH is 1. The van der Waals surface area contributed by atoms with Gasteiger partial charge >= 0.3 is 0 Å². The fraction of sp³-hybridized carbons (Fsp3) is 0.345. The van der Waals surface area contributed by atoms with Gasteiger partial charge in [0.25, 0.3) is 0 Å². The van der Waals surface area contributed by atoms with E-state index in [1.807, 2.05) is 55.6 Å². The summed E-state index contributed by atoms with van der Waals surface area (Å²) < 4.78 is 7.53. The van der Waals surface area contributed by atoms with E-state index in [1.54, 1.807) is 4.57 Å². The number of aliphatic hydroxyl groups is 1. The van der Waals surface area contributed by atoms with E-state index in [4.69, 9.17) is 14.8 Å². The quantitative estimate of drug-likeness (QED) is 0.244. The highest BCUT2D eigenvalue weighted by atomic mass is 32.1. The molecule has 0 saturated heterocycles. The first-order valence-corrected chi connectivity index (χ1v) is 13.6. The number of nitrogens with one attached hydrogen (secondary N) is 1. The molecule has 37 heavy (non-hydrogen) atoms. The van der Waals surface area contributed by atoms with Gasteiger partial charge in [0.05, 0.1) is 24.2 Å². The minimum Gasteiger partial charge on any atom is -0.494 e. The molecule has 0 unspecified atom stereocenters. The van der Waals surface area contributed by atoms with Crippen molar-refractivity contribution in [2.75, 3.05) is 18.5 Å². The van der Waals surface area contributed by atoms with E-state index in [0.717, 1.165) is 70.5 Å². The Labute approximate surface area is 220 Å². The first kappa shape index (κ1) is 25.2. The van der Waals surface area contributed by atoms with Crippen LogP contribution in [0, 0.1) is 12.8 Å². The molecular weight excluding hydrogens is 486 g/mol. The Bertz CT molecular complexity index is 1420. The van der Waals surface area contributed by atoms with E-state index in [2.05, 4.69) is 11.4 Å². The van der Waals surface area contributed by atoms with Crippen LogP contribution in [0.15, 0.2) is 54.7 Å². The van der Waals surface area contributed by atoms with Gasteiger partial charge in [0.15, 0.2) is 5.13 Å². The van der Waals surface area contributed by atoms with Gasteiger partial charge in [-0.05, 0) is 74.9 Å². The number of ether oxygens (including phenoxy) is 1. The molecule has 0 bridgehead atoms. The van der Waals surface area contributed by atoms with Crippen LogP contribution in [0.4, 0.5) is 5.13 Å². The number of benzene rings is 2. The maximum absolute atomic E-state index is 12.7. The van der Waals surface area contributed by atoms with Crippen molar-refractivity contribution in [1.82, 2.24) is 9.55 Å². The van der Waals surface area contributed by atoms with Gasteiger partial charge in [0, 0.05) is 34.5 Å². The SMILES string of the molecule is Cc1sc(NC(=O)Cc2cccc(OCCCCCO)c2)nc1-c1ccc2c(ccn2C(=O)C2CC2)c1. The van der Waals surface area contributed by atoms with Crippen LogP contribution in [-0.4, -0.2) is 39.7 Å². The molecule has 0 aliphatic heterocycles. The first-order chi connectivity index (χ1) is 18.0. The van der Waals surface area contributed by atoms with Gasteiger partial charge in [-0.2, -0.15) is 0 Å². The van der Waals surface area contributed by atoms with Gasteiger partial charge in [-0.15, -0.1) is 11.3 Å². The molecule has 2 aromatic heterocycles. The topological polar surface area (TPSA) is 93.4 Å². The van der Waals surface area contributed by atoms with Crippen molar-refractivity contribution in [3.05, 3.63) is 65.2 Å². The first-order valence-electron chi connectivity index (χ1n) is 12.8. The third-order valence-corrected chi connectivity index (χ3v) is 7.39. The largest absolute Gasteiger partial charge is 0.494 e. The zero-order valence-electron chi connectivity index (χ0n) is 20.9. The molecule has 7 nitrogen and oxygen atoms in total. The number of nitrogens with zero attached hydrogens (tertiary/aromatic N) is 2. The van der Waals surface area contributed by atoms with E-state index in [0.29, 0.717) is 11.7 Å². The molecule has 2 N–H and O–H groups in total. The van der Waals surface area contributed by atoms with Gasteiger partial charge in [-0.25, -0.2) is 4.98 Å². The van der Waals surface area contributed by atoms with Crippen LogP contribution in [0.1, 0.15) is 47.3 Å². The van der Waals surface area contributed by atoms with Gasteiger partial charge in [-0.1, -0.05) is 18.2 Å². The minimum atomic E-state index is -0.133. The van der Waals surface area contributed by atoms with Crippen molar-refractivity contribution in [3.63, 3.8) is 0 Å². The summed E-state index contributed by atoms with van der Waals surface area (Å²) in [5.41, 5.74) is 3.58. The van der Waals surface area contributed by atoms with Crippen LogP contribution < -0.4 is 10.1 Å². The van der Waals surface area contributed by atoms with E-state index in [1.165, 1.54) is 11.3 Å². The Morgan fingerprint density at radius 1 is 1.14 bits per heavy atom. The second-order valence-electron chi connectivity index (χ2n) is 9.50. The summed E-state index contributed by atoms with van der Waals surface area (Å²) in [7, 11) is 0. The number of aryl methyl sites for hydroxylation is 1. The third-order valence-electron chi connectivity index (χ3n) is 6.50. The van der Waals surface area contributed by atoms with Crippen molar-refractivity contribution in [1.29, 1.82) is 0 Å². The maximum Gasteiger partial charge on any atom is 0.234 e. The van der Waals surface area contributed by atoms with Crippen molar-refractivity contribution in [3.8, 4) is 17.0 Å². The summed E-state index contributed by atoms with van der Waals surface area (Å²) in [4.78, 5) is 31.0. The third kappa shape index (κ3) is 6.09. The predicted octanol–water partition coefficient (Wildman–Crippen LogP) is 5.85. The molecule has 0 atom stereocenters. The van der Waals surface area contributed by atoms with Gasteiger partial charge in [0.2, 0.25) is 11.8 Å². The van der Waals surface area contributed by atoms with Crippen LogP contribution in [0.3, 0.4) is 0 Å². The molecule has 2 aromatic carbocycles. The molecule has 1 aliphatic carbocycles. The molecule has 2 heterocycles. The second kappa shape index (κ2) is 11.3. The number of thiazole rings is 1. The van der Waals surface area contributed by atoms with Crippen molar-refractivity contribution < 1.29 is 19.4 Å². The molecule has 1 aliphatic rings. The van der Waals surface area contributed by atoms with E-state index >= 15 is 0 Å². The zero-order chi connectivity index (χ0) is 25.8. The van der Waals surface area contributed by atoms with Gasteiger partial charge in [0.1, 0.15) is 5.75 Å². The molecule has 5 rings (SSSR count). The number of rotatable bonds is 11. The summed E-state index contributed by atoms with van der Waals surface area (Å²) in [6.07, 6.45) is 6.63. The number of unbranched alkanes of at least 4 members (excludes halogenated alkanes) is 2. The molecule has 4 aromatic rings. The van der Waals surface area contributed by atoms with Crippen LogP contribution in [-0.2, 0) is 11.2 Å². The number of hydrogen-bond acceptors (Lipinski definition) is 6. The lowest BCUT2D eigenvalue weighted by atomic mass is 10.1. The summed E-state index contributed by atoms with van der Waals surface area (Å²) in [5, 5.41) is 13.4.